The molecule has 1 heterocycles. The van der Waals surface area contributed by atoms with Crippen LogP contribution in [0, 0.1) is 0 Å². The van der Waals surface area contributed by atoms with E-state index in [1.165, 1.54) is 0 Å². The van der Waals surface area contributed by atoms with Crippen molar-refractivity contribution in [3.05, 3.63) is 36.4 Å². The van der Waals surface area contributed by atoms with Crippen LogP contribution in [0.25, 0.3) is 11.3 Å². The van der Waals surface area contributed by atoms with Gasteiger partial charge >= 0.3 is 0 Å². The lowest BCUT2D eigenvalue weighted by molar-refractivity contribution is 0.309. The Balaban J connectivity index is 2.02. The second-order valence-corrected chi connectivity index (χ2v) is 4.05. The van der Waals surface area contributed by atoms with Gasteiger partial charge in [-0.05, 0) is 30.7 Å². The van der Waals surface area contributed by atoms with Crippen LogP contribution >= 0.6 is 0 Å². The average molecular weight is 246 g/mol. The minimum atomic E-state index is 0.318. The van der Waals surface area contributed by atoms with Gasteiger partial charge in [-0.3, -0.25) is 0 Å². The van der Waals surface area contributed by atoms with Crippen molar-refractivity contribution < 1.29 is 9.15 Å². The lowest BCUT2D eigenvalue weighted by Crippen LogP contribution is -1.95. The van der Waals surface area contributed by atoms with Crippen molar-refractivity contribution in [2.24, 2.45) is 5.73 Å². The number of benzene rings is 1. The average Bonchev–Trinajstić information content (AvgIpc) is 2.89. The predicted molar refractivity (Wildman–Crippen MR) is 70.2 cm³/mol. The number of rotatable bonds is 6. The summed E-state index contributed by atoms with van der Waals surface area (Å²) in [5, 5.41) is 0. The van der Waals surface area contributed by atoms with E-state index in [0.717, 1.165) is 36.5 Å². The van der Waals surface area contributed by atoms with Gasteiger partial charge in [-0.1, -0.05) is 13.3 Å². The molecule has 2 N–H and O–H groups in total. The Kier molecular flexibility index (Phi) is 4.36. The number of ether oxygens (including phenoxy) is 1. The van der Waals surface area contributed by atoms with Crippen molar-refractivity contribution in [1.29, 1.82) is 0 Å². The topological polar surface area (TPSA) is 61.3 Å². The molecule has 0 spiro atoms. The van der Waals surface area contributed by atoms with Gasteiger partial charge in [-0.2, -0.15) is 0 Å². The Morgan fingerprint density at radius 2 is 2.06 bits per heavy atom. The van der Waals surface area contributed by atoms with Crippen LogP contribution in [0.4, 0.5) is 0 Å². The summed E-state index contributed by atoms with van der Waals surface area (Å²) in [6, 6.07) is 7.80. The summed E-state index contributed by atoms with van der Waals surface area (Å²) in [5.74, 6) is 2.16. The monoisotopic (exact) mass is 246 g/mol. The molecule has 4 nitrogen and oxygen atoms in total. The molecule has 0 aliphatic heterocycles. The fourth-order valence-electron chi connectivity index (χ4n) is 1.59. The van der Waals surface area contributed by atoms with E-state index in [9.17, 15) is 0 Å². The summed E-state index contributed by atoms with van der Waals surface area (Å²) in [4.78, 5) is 4.07. The zero-order valence-electron chi connectivity index (χ0n) is 10.6. The van der Waals surface area contributed by atoms with Crippen molar-refractivity contribution in [2.75, 3.05) is 6.61 Å². The minimum Gasteiger partial charge on any atom is -0.494 e. The second kappa shape index (κ2) is 6.21. The summed E-state index contributed by atoms with van der Waals surface area (Å²) in [5.41, 5.74) is 6.43. The molecule has 4 heteroatoms. The van der Waals surface area contributed by atoms with Gasteiger partial charge in [-0.25, -0.2) is 4.98 Å². The molecule has 1 aromatic carbocycles. The van der Waals surface area contributed by atoms with Crippen LogP contribution in [0.1, 0.15) is 25.7 Å². The SMILES string of the molecule is CCCCOc1ccc(-c2cnc(CN)o2)cc1. The number of nitrogens with two attached hydrogens (primary N) is 1. The van der Waals surface area contributed by atoms with Crippen molar-refractivity contribution in [3.63, 3.8) is 0 Å². The zero-order valence-corrected chi connectivity index (χ0v) is 10.6. The molecule has 96 valence electrons. The highest BCUT2D eigenvalue weighted by Gasteiger charge is 2.05. The van der Waals surface area contributed by atoms with Gasteiger partial charge in [0.2, 0.25) is 5.89 Å². The zero-order chi connectivity index (χ0) is 12.8. The molecule has 0 radical (unpaired) electrons. The normalized spacial score (nSPS) is 10.6. The summed E-state index contributed by atoms with van der Waals surface area (Å²) < 4.78 is 11.1. The molecule has 2 aromatic rings. The fraction of sp³-hybridized carbons (Fsp3) is 0.357. The van der Waals surface area contributed by atoms with E-state index in [1.807, 2.05) is 24.3 Å². The smallest absolute Gasteiger partial charge is 0.208 e. The Hall–Kier alpha value is -1.81. The first kappa shape index (κ1) is 12.6. The number of unbranched alkanes of at least 4 members (excludes halogenated alkanes) is 1. The third-order valence-corrected chi connectivity index (χ3v) is 2.63. The largest absolute Gasteiger partial charge is 0.494 e. The molecule has 2 rings (SSSR count). The quantitative estimate of drug-likeness (QED) is 0.796. The van der Waals surface area contributed by atoms with Crippen molar-refractivity contribution in [1.82, 2.24) is 4.98 Å². The molecule has 0 aliphatic carbocycles. The number of aromatic nitrogens is 1. The first-order valence-corrected chi connectivity index (χ1v) is 6.21. The third kappa shape index (κ3) is 3.11. The summed E-state index contributed by atoms with van der Waals surface area (Å²) in [6.45, 7) is 3.22. The first-order chi connectivity index (χ1) is 8.83. The second-order valence-electron chi connectivity index (χ2n) is 4.05. The molecule has 0 bridgehead atoms. The summed E-state index contributed by atoms with van der Waals surface area (Å²) >= 11 is 0. The van der Waals surface area contributed by atoms with Crippen molar-refractivity contribution in [2.45, 2.75) is 26.3 Å². The third-order valence-electron chi connectivity index (χ3n) is 2.63. The van der Waals surface area contributed by atoms with E-state index in [0.29, 0.717) is 12.4 Å². The molecule has 0 saturated heterocycles. The predicted octanol–water partition coefficient (Wildman–Crippen LogP) is 2.98. The number of nitrogens with zero attached hydrogens (tertiary/aromatic N) is 1. The fourth-order valence-corrected chi connectivity index (χ4v) is 1.59. The molecule has 1 aromatic heterocycles. The van der Waals surface area contributed by atoms with Gasteiger partial charge in [-0.15, -0.1) is 0 Å². The van der Waals surface area contributed by atoms with E-state index >= 15 is 0 Å². The molecule has 0 fully saturated rings. The molecular weight excluding hydrogens is 228 g/mol. The van der Waals surface area contributed by atoms with E-state index in [-0.39, 0.29) is 0 Å². The summed E-state index contributed by atoms with van der Waals surface area (Å²) in [6.07, 6.45) is 3.90. The van der Waals surface area contributed by atoms with Crippen molar-refractivity contribution >= 4 is 0 Å². The molecule has 18 heavy (non-hydrogen) atoms. The lowest BCUT2D eigenvalue weighted by Gasteiger charge is -2.05. The maximum atomic E-state index is 5.60. The van der Waals surface area contributed by atoms with Crippen LogP contribution in [-0.2, 0) is 6.54 Å². The Labute approximate surface area is 107 Å². The van der Waals surface area contributed by atoms with Crippen LogP contribution in [-0.4, -0.2) is 11.6 Å². The molecule has 0 saturated carbocycles. The minimum absolute atomic E-state index is 0.318. The van der Waals surface area contributed by atoms with Crippen molar-refractivity contribution in [3.8, 4) is 17.1 Å². The molecular formula is C14H18N2O2. The first-order valence-electron chi connectivity index (χ1n) is 6.21. The summed E-state index contributed by atoms with van der Waals surface area (Å²) in [7, 11) is 0. The highest BCUT2D eigenvalue weighted by atomic mass is 16.5. The van der Waals surface area contributed by atoms with Crippen LogP contribution in [0.15, 0.2) is 34.9 Å². The van der Waals surface area contributed by atoms with Gasteiger partial charge < -0.3 is 14.9 Å². The molecule has 0 atom stereocenters. The van der Waals surface area contributed by atoms with Gasteiger partial charge in [0.1, 0.15) is 5.75 Å². The maximum absolute atomic E-state index is 5.60. The highest BCUT2D eigenvalue weighted by molar-refractivity contribution is 5.57. The van der Waals surface area contributed by atoms with Crippen LogP contribution in [0.3, 0.4) is 0 Å². The Morgan fingerprint density at radius 3 is 2.67 bits per heavy atom. The number of hydrogen-bond acceptors (Lipinski definition) is 4. The molecule has 0 unspecified atom stereocenters. The van der Waals surface area contributed by atoms with Crippen LogP contribution < -0.4 is 10.5 Å². The standard InChI is InChI=1S/C14H18N2O2/c1-2-3-8-17-12-6-4-11(5-7-12)13-10-16-14(9-15)18-13/h4-7,10H,2-3,8-9,15H2,1H3. The van der Waals surface area contributed by atoms with Crippen LogP contribution in [0.5, 0.6) is 5.75 Å². The van der Waals surface area contributed by atoms with E-state index in [4.69, 9.17) is 14.9 Å². The van der Waals surface area contributed by atoms with Gasteiger partial charge in [0, 0.05) is 5.56 Å². The lowest BCUT2D eigenvalue weighted by atomic mass is 10.2. The Bertz CT molecular complexity index is 477. The highest BCUT2D eigenvalue weighted by Crippen LogP contribution is 2.23. The van der Waals surface area contributed by atoms with Gasteiger partial charge in [0.25, 0.3) is 0 Å². The number of hydrogen-bond donors (Lipinski definition) is 1. The molecule has 0 aliphatic rings. The van der Waals surface area contributed by atoms with E-state index in [1.54, 1.807) is 6.20 Å². The van der Waals surface area contributed by atoms with Gasteiger partial charge in [0.05, 0.1) is 19.3 Å². The number of oxazole rings is 1. The maximum Gasteiger partial charge on any atom is 0.208 e. The Morgan fingerprint density at radius 1 is 1.28 bits per heavy atom. The molecule has 0 amide bonds. The van der Waals surface area contributed by atoms with Gasteiger partial charge in [0.15, 0.2) is 5.76 Å². The van der Waals surface area contributed by atoms with Crippen LogP contribution in [0.2, 0.25) is 0 Å². The van der Waals surface area contributed by atoms with E-state index in [2.05, 4.69) is 11.9 Å². The van der Waals surface area contributed by atoms with E-state index < -0.39 is 0 Å².